The van der Waals surface area contributed by atoms with E-state index in [0.717, 1.165) is 64.7 Å². The number of likely N-dealkylation sites (N-methyl/N-ethyl adjacent to an activating group) is 1. The molecule has 2 rings (SSSR count). The summed E-state index contributed by atoms with van der Waals surface area (Å²) in [6.07, 6.45) is 1.51. The summed E-state index contributed by atoms with van der Waals surface area (Å²) in [7, 11) is 2.21. The topological polar surface area (TPSA) is 63.2 Å². The smallest absolute Gasteiger partial charge is 0.224 e. The van der Waals surface area contributed by atoms with Gasteiger partial charge in [0.1, 0.15) is 0 Å². The molecule has 174 valence electrons. The van der Waals surface area contributed by atoms with Gasteiger partial charge in [0.05, 0.1) is 0 Å². The minimum absolute atomic E-state index is 0.190. The van der Waals surface area contributed by atoms with E-state index in [0.29, 0.717) is 19.0 Å². The van der Waals surface area contributed by atoms with E-state index in [2.05, 4.69) is 64.7 Å². The fraction of sp³-hybridized carbons (Fsp3) is 0.667. The van der Waals surface area contributed by atoms with Gasteiger partial charge in [0, 0.05) is 71.4 Å². The minimum Gasteiger partial charge on any atom is -0.357 e. The summed E-state index contributed by atoms with van der Waals surface area (Å²) < 4.78 is 0. The lowest BCUT2D eigenvalue weighted by Crippen LogP contribution is -2.47. The van der Waals surface area contributed by atoms with Crippen molar-refractivity contribution in [3.63, 3.8) is 0 Å². The van der Waals surface area contributed by atoms with Gasteiger partial charge >= 0.3 is 0 Å². The monoisotopic (exact) mass is 430 g/mol. The van der Waals surface area contributed by atoms with Gasteiger partial charge in [0.25, 0.3) is 0 Å². The number of piperazine rings is 1. The van der Waals surface area contributed by atoms with E-state index in [9.17, 15) is 4.79 Å². The van der Waals surface area contributed by atoms with Crippen LogP contribution in [-0.4, -0.2) is 92.5 Å². The minimum atomic E-state index is 0.190. The van der Waals surface area contributed by atoms with Crippen LogP contribution in [0.25, 0.3) is 0 Å². The van der Waals surface area contributed by atoms with Crippen LogP contribution in [0.1, 0.15) is 45.2 Å². The van der Waals surface area contributed by atoms with Crippen molar-refractivity contribution in [3.05, 3.63) is 35.9 Å². The Morgan fingerprint density at radius 2 is 1.87 bits per heavy atom. The van der Waals surface area contributed by atoms with E-state index in [4.69, 9.17) is 4.99 Å². The maximum absolute atomic E-state index is 12.2. The molecule has 0 aliphatic carbocycles. The number of carbonyl (C=O) groups is 1. The van der Waals surface area contributed by atoms with Gasteiger partial charge in [0.15, 0.2) is 5.96 Å². The van der Waals surface area contributed by atoms with E-state index in [1.165, 1.54) is 5.56 Å². The third-order valence-electron chi connectivity index (χ3n) is 5.84. The highest BCUT2D eigenvalue weighted by Gasteiger charge is 2.25. The van der Waals surface area contributed by atoms with E-state index >= 15 is 0 Å². The fourth-order valence-corrected chi connectivity index (χ4v) is 4.04. The van der Waals surface area contributed by atoms with Crippen LogP contribution in [0.5, 0.6) is 0 Å². The maximum atomic E-state index is 12.2. The number of hydrogen-bond acceptors (Lipinski definition) is 4. The van der Waals surface area contributed by atoms with E-state index in [-0.39, 0.29) is 5.91 Å². The standard InChI is InChI=1S/C24H42N6O/c1-5-25-24(27-16-14-23(31)29(6-2)7-3)26-15-11-17-30-19-18-28(4)20-22(30)21-12-9-8-10-13-21/h8-10,12-13,22H,5-7,11,14-20H2,1-4H3,(H2,25,26,27). The second kappa shape index (κ2) is 14.0. The molecule has 1 aliphatic heterocycles. The van der Waals surface area contributed by atoms with Gasteiger partial charge < -0.3 is 20.4 Å². The molecule has 31 heavy (non-hydrogen) atoms. The van der Waals surface area contributed by atoms with Crippen LogP contribution in [0.3, 0.4) is 0 Å². The first-order chi connectivity index (χ1) is 15.1. The zero-order chi connectivity index (χ0) is 22.5. The Morgan fingerprint density at radius 3 is 2.55 bits per heavy atom. The summed E-state index contributed by atoms with van der Waals surface area (Å²) in [6.45, 7) is 14.1. The second-order valence-corrected chi connectivity index (χ2v) is 8.08. The first kappa shape index (κ1) is 25.1. The number of amides is 1. The molecule has 1 saturated heterocycles. The largest absolute Gasteiger partial charge is 0.357 e. The zero-order valence-corrected chi connectivity index (χ0v) is 19.9. The number of nitrogens with zero attached hydrogens (tertiary/aromatic N) is 4. The second-order valence-electron chi connectivity index (χ2n) is 8.08. The number of guanidine groups is 1. The van der Waals surface area contributed by atoms with Crippen molar-refractivity contribution in [2.45, 2.75) is 39.7 Å². The molecule has 1 amide bonds. The Kier molecular flexibility index (Phi) is 11.4. The van der Waals surface area contributed by atoms with Crippen LogP contribution < -0.4 is 10.6 Å². The van der Waals surface area contributed by atoms with Gasteiger partial charge in [0.2, 0.25) is 5.91 Å². The third kappa shape index (κ3) is 8.50. The Labute approximate surface area is 188 Å². The molecule has 0 aromatic heterocycles. The van der Waals surface area contributed by atoms with Crippen LogP contribution in [0, 0.1) is 0 Å². The summed E-state index contributed by atoms with van der Waals surface area (Å²) >= 11 is 0. The summed E-state index contributed by atoms with van der Waals surface area (Å²) in [4.78, 5) is 23.8. The van der Waals surface area contributed by atoms with Crippen LogP contribution >= 0.6 is 0 Å². The highest BCUT2D eigenvalue weighted by Crippen LogP contribution is 2.24. The maximum Gasteiger partial charge on any atom is 0.224 e. The summed E-state index contributed by atoms with van der Waals surface area (Å²) in [5, 5.41) is 6.59. The Bertz CT molecular complexity index is 661. The molecule has 0 spiro atoms. The molecule has 0 saturated carbocycles. The predicted octanol–water partition coefficient (Wildman–Crippen LogP) is 2.18. The molecule has 2 N–H and O–H groups in total. The number of carbonyl (C=O) groups excluding carboxylic acids is 1. The van der Waals surface area contributed by atoms with Crippen molar-refractivity contribution in [2.75, 3.05) is 66.0 Å². The van der Waals surface area contributed by atoms with Gasteiger partial charge in [-0.15, -0.1) is 0 Å². The van der Waals surface area contributed by atoms with Crippen LogP contribution in [-0.2, 0) is 4.79 Å². The normalized spacial score (nSPS) is 18.1. The zero-order valence-electron chi connectivity index (χ0n) is 19.9. The summed E-state index contributed by atoms with van der Waals surface area (Å²) in [6, 6.07) is 11.3. The molecule has 7 nitrogen and oxygen atoms in total. The summed E-state index contributed by atoms with van der Waals surface area (Å²) in [5.74, 6) is 0.989. The van der Waals surface area contributed by atoms with E-state index in [1.54, 1.807) is 0 Å². The van der Waals surface area contributed by atoms with Crippen molar-refractivity contribution >= 4 is 11.9 Å². The Balaban J connectivity index is 1.81. The molecule has 1 aromatic rings. The van der Waals surface area contributed by atoms with Gasteiger partial charge in [-0.3, -0.25) is 14.7 Å². The number of rotatable bonds is 11. The number of aliphatic imine (C=N–C) groups is 1. The predicted molar refractivity (Wildman–Crippen MR) is 129 cm³/mol. The molecule has 1 heterocycles. The van der Waals surface area contributed by atoms with E-state index in [1.807, 2.05) is 18.7 Å². The van der Waals surface area contributed by atoms with Gasteiger partial charge in [-0.05, 0) is 39.8 Å². The Morgan fingerprint density at radius 1 is 1.13 bits per heavy atom. The molecule has 1 fully saturated rings. The van der Waals surface area contributed by atoms with Crippen LogP contribution in [0.4, 0.5) is 0 Å². The first-order valence-electron chi connectivity index (χ1n) is 11.9. The number of benzene rings is 1. The average molecular weight is 431 g/mol. The third-order valence-corrected chi connectivity index (χ3v) is 5.84. The lowest BCUT2D eigenvalue weighted by atomic mass is 10.0. The molecule has 0 bridgehead atoms. The lowest BCUT2D eigenvalue weighted by molar-refractivity contribution is -0.130. The molecule has 1 aliphatic rings. The lowest BCUT2D eigenvalue weighted by Gasteiger charge is -2.40. The quantitative estimate of drug-likeness (QED) is 0.320. The van der Waals surface area contributed by atoms with Gasteiger partial charge in [-0.2, -0.15) is 0 Å². The van der Waals surface area contributed by atoms with Crippen LogP contribution in [0.15, 0.2) is 35.3 Å². The van der Waals surface area contributed by atoms with Crippen LogP contribution in [0.2, 0.25) is 0 Å². The molecule has 7 heteroatoms. The highest BCUT2D eigenvalue weighted by atomic mass is 16.2. The van der Waals surface area contributed by atoms with Gasteiger partial charge in [-0.25, -0.2) is 0 Å². The number of hydrogen-bond donors (Lipinski definition) is 2. The highest BCUT2D eigenvalue weighted by molar-refractivity contribution is 5.81. The van der Waals surface area contributed by atoms with Crippen molar-refractivity contribution in [2.24, 2.45) is 4.99 Å². The molecule has 0 radical (unpaired) electrons. The Hall–Kier alpha value is -2.12. The molecule has 1 aromatic carbocycles. The summed E-state index contributed by atoms with van der Waals surface area (Å²) in [5.41, 5.74) is 1.39. The average Bonchev–Trinajstić information content (AvgIpc) is 2.78. The molecule has 1 atom stereocenters. The van der Waals surface area contributed by atoms with Gasteiger partial charge in [-0.1, -0.05) is 30.3 Å². The SMILES string of the molecule is CCNC(=NCCCN1CCN(C)CC1c1ccccc1)NCCC(=O)N(CC)CC. The first-order valence-corrected chi connectivity index (χ1v) is 11.9. The van der Waals surface area contributed by atoms with Crippen molar-refractivity contribution in [1.29, 1.82) is 0 Å². The van der Waals surface area contributed by atoms with Crippen molar-refractivity contribution in [3.8, 4) is 0 Å². The van der Waals surface area contributed by atoms with Crippen molar-refractivity contribution < 1.29 is 4.79 Å². The molecular formula is C24H42N6O. The fourth-order valence-electron chi connectivity index (χ4n) is 4.04. The molecular weight excluding hydrogens is 388 g/mol. The van der Waals surface area contributed by atoms with Crippen molar-refractivity contribution in [1.82, 2.24) is 25.3 Å². The number of nitrogens with one attached hydrogen (secondary N) is 2. The van der Waals surface area contributed by atoms with E-state index < -0.39 is 0 Å². The molecule has 1 unspecified atom stereocenters.